The van der Waals surface area contributed by atoms with Gasteiger partial charge in [0.2, 0.25) is 5.91 Å². The Balaban J connectivity index is 2.66. The predicted octanol–water partition coefficient (Wildman–Crippen LogP) is 1.40. The third-order valence-electron chi connectivity index (χ3n) is 3.21. The van der Waals surface area contributed by atoms with Crippen LogP contribution in [0, 0.1) is 0 Å². The van der Waals surface area contributed by atoms with Crippen molar-refractivity contribution in [1.29, 1.82) is 0 Å². The van der Waals surface area contributed by atoms with E-state index in [0.717, 1.165) is 0 Å². The van der Waals surface area contributed by atoms with Crippen LogP contribution in [-0.2, 0) is 15.0 Å². The first kappa shape index (κ1) is 10.7. The van der Waals surface area contributed by atoms with Gasteiger partial charge in [0.05, 0.1) is 0 Å². The van der Waals surface area contributed by atoms with E-state index >= 15 is 0 Å². The summed E-state index contributed by atoms with van der Waals surface area (Å²) < 4.78 is 0. The van der Waals surface area contributed by atoms with E-state index in [2.05, 4.69) is 0 Å². The summed E-state index contributed by atoms with van der Waals surface area (Å²) in [7, 11) is 1.67. The maximum Gasteiger partial charge on any atom is 0.314 e. The average Bonchev–Trinajstić information content (AvgIpc) is 2.26. The number of benzene rings is 1. The summed E-state index contributed by atoms with van der Waals surface area (Å²) in [4.78, 5) is 24.6. The summed E-state index contributed by atoms with van der Waals surface area (Å²) in [5, 5.41) is 9.28. The summed E-state index contributed by atoms with van der Waals surface area (Å²) >= 11 is 0. The first-order valence-electron chi connectivity index (χ1n) is 5.06. The molecule has 1 aromatic rings. The average molecular weight is 219 g/mol. The van der Waals surface area contributed by atoms with Crippen LogP contribution >= 0.6 is 0 Å². The first-order valence-corrected chi connectivity index (χ1v) is 5.06. The number of nitrogens with zero attached hydrogens (tertiary/aromatic N) is 1. The van der Waals surface area contributed by atoms with Gasteiger partial charge >= 0.3 is 5.97 Å². The maximum absolute atomic E-state index is 11.7. The lowest BCUT2D eigenvalue weighted by Gasteiger charge is -2.36. The molecule has 0 aromatic heterocycles. The molecule has 1 heterocycles. The summed E-state index contributed by atoms with van der Waals surface area (Å²) in [5.74, 6) is -1.12. The second-order valence-electron chi connectivity index (χ2n) is 4.28. The highest BCUT2D eigenvalue weighted by Gasteiger charge is 2.44. The topological polar surface area (TPSA) is 57.6 Å². The summed E-state index contributed by atoms with van der Waals surface area (Å²) in [6, 6.07) is 7.14. The smallest absolute Gasteiger partial charge is 0.314 e. The van der Waals surface area contributed by atoms with E-state index in [-0.39, 0.29) is 12.3 Å². The first-order chi connectivity index (χ1) is 7.47. The van der Waals surface area contributed by atoms with Crippen molar-refractivity contribution < 1.29 is 14.7 Å². The molecule has 1 N–H and O–H groups in total. The number of carboxylic acids is 1. The molecule has 0 unspecified atom stereocenters. The Hall–Kier alpha value is -1.84. The standard InChI is InChI=1S/C12H13NO3/c1-12(11(15)16)7-10(14)13(2)9-6-4-3-5-8(9)12/h3-6H,7H2,1-2H3,(H,15,16)/t12-/m0/s1. The van der Waals surface area contributed by atoms with E-state index in [1.807, 2.05) is 0 Å². The summed E-state index contributed by atoms with van der Waals surface area (Å²) in [5.41, 5.74) is 0.272. The van der Waals surface area contributed by atoms with Crippen LogP contribution < -0.4 is 4.90 Å². The molecule has 1 atom stereocenters. The number of rotatable bonds is 1. The summed E-state index contributed by atoms with van der Waals surface area (Å²) in [6.45, 7) is 1.60. The Kier molecular flexibility index (Phi) is 2.22. The zero-order valence-electron chi connectivity index (χ0n) is 9.23. The highest BCUT2D eigenvalue weighted by molar-refractivity contribution is 6.02. The number of carbonyl (C=O) groups excluding carboxylic acids is 1. The molecule has 84 valence electrons. The number of carboxylic acid groups (broad SMARTS) is 1. The third kappa shape index (κ3) is 1.30. The molecule has 1 amide bonds. The molecule has 0 bridgehead atoms. The van der Waals surface area contributed by atoms with E-state index in [4.69, 9.17) is 0 Å². The van der Waals surface area contributed by atoms with Gasteiger partial charge in [-0.25, -0.2) is 0 Å². The van der Waals surface area contributed by atoms with E-state index in [9.17, 15) is 14.7 Å². The molecule has 0 spiro atoms. The van der Waals surface area contributed by atoms with Crippen molar-refractivity contribution in [3.63, 3.8) is 0 Å². The van der Waals surface area contributed by atoms with Crippen LogP contribution in [0.1, 0.15) is 18.9 Å². The second-order valence-corrected chi connectivity index (χ2v) is 4.28. The van der Waals surface area contributed by atoms with E-state index < -0.39 is 11.4 Å². The van der Waals surface area contributed by atoms with Crippen molar-refractivity contribution in [1.82, 2.24) is 0 Å². The van der Waals surface area contributed by atoms with Crippen molar-refractivity contribution in [2.24, 2.45) is 0 Å². The van der Waals surface area contributed by atoms with Crippen LogP contribution in [0.5, 0.6) is 0 Å². The van der Waals surface area contributed by atoms with E-state index in [1.54, 1.807) is 38.2 Å². The Labute approximate surface area is 93.5 Å². The van der Waals surface area contributed by atoms with Crippen molar-refractivity contribution in [3.05, 3.63) is 29.8 Å². The fourth-order valence-corrected chi connectivity index (χ4v) is 2.07. The van der Waals surface area contributed by atoms with Crippen LogP contribution in [0.25, 0.3) is 0 Å². The van der Waals surface area contributed by atoms with Crippen molar-refractivity contribution >= 4 is 17.6 Å². The van der Waals surface area contributed by atoms with Crippen molar-refractivity contribution in [2.45, 2.75) is 18.8 Å². The number of hydrogen-bond acceptors (Lipinski definition) is 2. The van der Waals surface area contributed by atoms with Gasteiger partial charge in [-0.2, -0.15) is 0 Å². The lowest BCUT2D eigenvalue weighted by atomic mass is 9.75. The van der Waals surface area contributed by atoms with Crippen molar-refractivity contribution in [3.8, 4) is 0 Å². The number of aliphatic carboxylic acids is 1. The van der Waals surface area contributed by atoms with Crippen LogP contribution in [0.4, 0.5) is 5.69 Å². The van der Waals surface area contributed by atoms with Crippen LogP contribution in [-0.4, -0.2) is 24.0 Å². The molecule has 0 radical (unpaired) electrons. The minimum atomic E-state index is -1.11. The zero-order chi connectivity index (χ0) is 11.9. The number of fused-ring (bicyclic) bond motifs is 1. The normalized spacial score (nSPS) is 24.1. The number of carbonyl (C=O) groups is 2. The maximum atomic E-state index is 11.7. The van der Waals surface area contributed by atoms with E-state index in [0.29, 0.717) is 11.3 Å². The largest absolute Gasteiger partial charge is 0.481 e. The molecule has 0 saturated heterocycles. The predicted molar refractivity (Wildman–Crippen MR) is 59.5 cm³/mol. The Morgan fingerprint density at radius 3 is 2.69 bits per heavy atom. The van der Waals surface area contributed by atoms with E-state index in [1.165, 1.54) is 4.90 Å². The zero-order valence-corrected chi connectivity index (χ0v) is 9.23. The van der Waals surface area contributed by atoms with Gasteiger partial charge in [-0.3, -0.25) is 9.59 Å². The van der Waals surface area contributed by atoms with Gasteiger partial charge < -0.3 is 10.0 Å². The van der Waals surface area contributed by atoms with Crippen LogP contribution in [0.3, 0.4) is 0 Å². The van der Waals surface area contributed by atoms with Gasteiger partial charge in [-0.1, -0.05) is 18.2 Å². The Bertz CT molecular complexity index is 469. The van der Waals surface area contributed by atoms with Gasteiger partial charge in [-0.05, 0) is 18.6 Å². The quantitative estimate of drug-likeness (QED) is 0.776. The van der Waals surface area contributed by atoms with Crippen LogP contribution in [0.2, 0.25) is 0 Å². The Morgan fingerprint density at radius 2 is 2.06 bits per heavy atom. The molecule has 1 aromatic carbocycles. The highest BCUT2D eigenvalue weighted by atomic mass is 16.4. The SMILES string of the molecule is CN1C(=O)C[C@](C)(C(=O)O)c2ccccc21. The minimum Gasteiger partial charge on any atom is -0.481 e. The number of amides is 1. The van der Waals surface area contributed by atoms with Gasteiger partial charge in [0.25, 0.3) is 0 Å². The molecule has 2 rings (SSSR count). The van der Waals surface area contributed by atoms with Gasteiger partial charge in [-0.15, -0.1) is 0 Å². The third-order valence-corrected chi connectivity index (χ3v) is 3.21. The molecule has 0 aliphatic carbocycles. The molecular weight excluding hydrogens is 206 g/mol. The van der Waals surface area contributed by atoms with Gasteiger partial charge in [0.1, 0.15) is 5.41 Å². The molecule has 0 saturated carbocycles. The van der Waals surface area contributed by atoms with Gasteiger partial charge in [0, 0.05) is 19.2 Å². The fraction of sp³-hybridized carbons (Fsp3) is 0.333. The van der Waals surface area contributed by atoms with Crippen LogP contribution in [0.15, 0.2) is 24.3 Å². The molecule has 1 aliphatic heterocycles. The Morgan fingerprint density at radius 1 is 1.44 bits per heavy atom. The lowest BCUT2D eigenvalue weighted by Crippen LogP contribution is -2.45. The second kappa shape index (κ2) is 3.33. The number of hydrogen-bond donors (Lipinski definition) is 1. The molecular formula is C12H13NO3. The highest BCUT2D eigenvalue weighted by Crippen LogP contribution is 2.39. The molecule has 1 aliphatic rings. The molecule has 4 nitrogen and oxygen atoms in total. The van der Waals surface area contributed by atoms with Crippen molar-refractivity contribution in [2.75, 3.05) is 11.9 Å². The summed E-state index contributed by atoms with van der Waals surface area (Å²) in [6.07, 6.45) is 0.00977. The fourth-order valence-electron chi connectivity index (χ4n) is 2.07. The number of para-hydroxylation sites is 1. The lowest BCUT2D eigenvalue weighted by molar-refractivity contribution is -0.145. The molecule has 4 heteroatoms. The molecule has 0 fully saturated rings. The number of anilines is 1. The monoisotopic (exact) mass is 219 g/mol. The molecule has 16 heavy (non-hydrogen) atoms. The van der Waals surface area contributed by atoms with Gasteiger partial charge in [0.15, 0.2) is 0 Å². The minimum absolute atomic E-state index is 0.00977.